The zero-order valence-electron chi connectivity index (χ0n) is 12.3. The Kier molecular flexibility index (Phi) is 4.12. The lowest BCUT2D eigenvalue weighted by molar-refractivity contribution is 0.201. The summed E-state index contributed by atoms with van der Waals surface area (Å²) in [5.41, 5.74) is 1.28. The number of phenolic OH excluding ortho intramolecular Hbond substituents is 1. The number of nitrogens with zero attached hydrogens (tertiary/aromatic N) is 1. The van der Waals surface area contributed by atoms with Gasteiger partial charge in [-0.25, -0.2) is 0 Å². The van der Waals surface area contributed by atoms with Crippen molar-refractivity contribution >= 4 is 11.6 Å². The van der Waals surface area contributed by atoms with Crippen LogP contribution in [0.15, 0.2) is 18.2 Å². The van der Waals surface area contributed by atoms with E-state index < -0.39 is 0 Å². The maximum atomic E-state index is 10.0. The van der Waals surface area contributed by atoms with Crippen LogP contribution in [-0.2, 0) is 0 Å². The van der Waals surface area contributed by atoms with Crippen LogP contribution in [0, 0.1) is 11.3 Å². The molecule has 0 amide bonds. The van der Waals surface area contributed by atoms with Gasteiger partial charge in [0.15, 0.2) is 0 Å². The van der Waals surface area contributed by atoms with Gasteiger partial charge in [0.2, 0.25) is 0 Å². The summed E-state index contributed by atoms with van der Waals surface area (Å²) in [6.07, 6.45) is 1.23. The minimum Gasteiger partial charge on any atom is -0.508 e. The second-order valence-corrected chi connectivity index (χ2v) is 7.16. The van der Waals surface area contributed by atoms with Gasteiger partial charge in [0.1, 0.15) is 5.75 Å². The number of benzene rings is 1. The van der Waals surface area contributed by atoms with E-state index in [2.05, 4.69) is 32.6 Å². The summed E-state index contributed by atoms with van der Waals surface area (Å²) in [7, 11) is 0. The Hall–Kier alpha value is -0.730. The van der Waals surface area contributed by atoms with E-state index in [1.54, 1.807) is 12.1 Å². The summed E-state index contributed by atoms with van der Waals surface area (Å²) in [4.78, 5) is 2.45. The zero-order valence-corrected chi connectivity index (χ0v) is 13.0. The quantitative estimate of drug-likeness (QED) is 0.864. The predicted molar refractivity (Wildman–Crippen MR) is 80.7 cm³/mol. The number of halogens is 1. The molecule has 0 radical (unpaired) electrons. The Morgan fingerprint density at radius 2 is 2.05 bits per heavy atom. The largest absolute Gasteiger partial charge is 0.508 e. The normalized spacial score (nSPS) is 22.7. The molecule has 2 nitrogen and oxygen atoms in total. The van der Waals surface area contributed by atoms with Gasteiger partial charge in [-0.1, -0.05) is 32.4 Å². The van der Waals surface area contributed by atoms with Gasteiger partial charge >= 0.3 is 0 Å². The van der Waals surface area contributed by atoms with Gasteiger partial charge in [-0.2, -0.15) is 0 Å². The molecule has 1 aromatic rings. The van der Waals surface area contributed by atoms with Crippen molar-refractivity contribution in [2.75, 3.05) is 13.1 Å². The van der Waals surface area contributed by atoms with Crippen LogP contribution in [0.3, 0.4) is 0 Å². The van der Waals surface area contributed by atoms with Gasteiger partial charge < -0.3 is 5.11 Å². The fourth-order valence-corrected chi connectivity index (χ4v) is 3.08. The molecule has 1 aromatic carbocycles. The molecular weight excluding hydrogens is 258 g/mol. The molecule has 1 fully saturated rings. The average molecular weight is 282 g/mol. The van der Waals surface area contributed by atoms with Crippen molar-refractivity contribution in [2.45, 2.75) is 40.2 Å². The standard InChI is InChI=1S/C16H24ClNO/c1-11(14-9-13(17)5-6-15(14)19)18-8-7-12(10-18)16(2,3)4/h5-6,9,11-12,19H,7-8,10H2,1-4H3. The Morgan fingerprint density at radius 3 is 2.63 bits per heavy atom. The second-order valence-electron chi connectivity index (χ2n) is 6.73. The number of aromatic hydroxyl groups is 1. The first-order valence-corrected chi connectivity index (χ1v) is 7.39. The zero-order chi connectivity index (χ0) is 14.2. The van der Waals surface area contributed by atoms with E-state index in [0.29, 0.717) is 16.2 Å². The predicted octanol–water partition coefficient (Wildman–Crippen LogP) is 4.47. The van der Waals surface area contributed by atoms with Gasteiger partial charge in [-0.3, -0.25) is 4.90 Å². The molecule has 1 N–H and O–H groups in total. The van der Waals surface area contributed by atoms with Crippen molar-refractivity contribution in [1.29, 1.82) is 0 Å². The van der Waals surface area contributed by atoms with Crippen molar-refractivity contribution in [3.63, 3.8) is 0 Å². The first-order valence-electron chi connectivity index (χ1n) is 7.01. The van der Waals surface area contributed by atoms with E-state index in [9.17, 15) is 5.11 Å². The third-order valence-electron chi connectivity index (χ3n) is 4.43. The second kappa shape index (κ2) is 5.34. The Labute approximate surface area is 121 Å². The van der Waals surface area contributed by atoms with Crippen LogP contribution >= 0.6 is 11.6 Å². The highest BCUT2D eigenvalue weighted by Gasteiger charge is 2.34. The van der Waals surface area contributed by atoms with Crippen LogP contribution in [-0.4, -0.2) is 23.1 Å². The molecule has 1 saturated heterocycles. The van der Waals surface area contributed by atoms with E-state index in [-0.39, 0.29) is 6.04 Å². The lowest BCUT2D eigenvalue weighted by Crippen LogP contribution is -2.28. The van der Waals surface area contributed by atoms with E-state index >= 15 is 0 Å². The molecule has 0 saturated carbocycles. The summed E-state index contributed by atoms with van der Waals surface area (Å²) >= 11 is 6.04. The lowest BCUT2D eigenvalue weighted by Gasteiger charge is -2.29. The van der Waals surface area contributed by atoms with Crippen LogP contribution in [0.4, 0.5) is 0 Å². The van der Waals surface area contributed by atoms with Crippen molar-refractivity contribution in [2.24, 2.45) is 11.3 Å². The van der Waals surface area contributed by atoms with E-state index in [0.717, 1.165) is 24.6 Å². The smallest absolute Gasteiger partial charge is 0.120 e. The van der Waals surface area contributed by atoms with Crippen LogP contribution < -0.4 is 0 Å². The molecular formula is C16H24ClNO. The molecule has 3 heteroatoms. The monoisotopic (exact) mass is 281 g/mol. The highest BCUT2D eigenvalue weighted by Crippen LogP contribution is 2.39. The van der Waals surface area contributed by atoms with Crippen LogP contribution in [0.25, 0.3) is 0 Å². The van der Waals surface area contributed by atoms with Gasteiger partial charge in [0.05, 0.1) is 0 Å². The van der Waals surface area contributed by atoms with Crippen molar-refractivity contribution in [3.05, 3.63) is 28.8 Å². The third-order valence-corrected chi connectivity index (χ3v) is 4.67. The molecule has 0 aromatic heterocycles. The Morgan fingerprint density at radius 1 is 1.37 bits per heavy atom. The highest BCUT2D eigenvalue weighted by atomic mass is 35.5. The van der Waals surface area contributed by atoms with Crippen LogP contribution in [0.5, 0.6) is 5.75 Å². The molecule has 19 heavy (non-hydrogen) atoms. The van der Waals surface area contributed by atoms with Crippen molar-refractivity contribution < 1.29 is 5.11 Å². The molecule has 1 aliphatic heterocycles. The summed E-state index contributed by atoms with van der Waals surface area (Å²) in [6, 6.07) is 5.51. The summed E-state index contributed by atoms with van der Waals surface area (Å²) in [6.45, 7) is 11.3. The van der Waals surface area contributed by atoms with Crippen molar-refractivity contribution in [1.82, 2.24) is 4.90 Å². The molecule has 0 bridgehead atoms. The highest BCUT2D eigenvalue weighted by molar-refractivity contribution is 6.30. The van der Waals surface area contributed by atoms with E-state index in [1.807, 2.05) is 6.07 Å². The van der Waals surface area contributed by atoms with Crippen molar-refractivity contribution in [3.8, 4) is 5.75 Å². The number of likely N-dealkylation sites (tertiary alicyclic amines) is 1. The lowest BCUT2D eigenvalue weighted by atomic mass is 9.80. The maximum Gasteiger partial charge on any atom is 0.120 e. The summed E-state index contributed by atoms with van der Waals surface area (Å²) in [5, 5.41) is 10.7. The third kappa shape index (κ3) is 3.24. The molecule has 1 aliphatic rings. The van der Waals surface area contributed by atoms with Gasteiger partial charge in [-0.15, -0.1) is 0 Å². The van der Waals surface area contributed by atoms with Crippen LogP contribution in [0.1, 0.15) is 45.7 Å². The Balaban J connectivity index is 2.13. The minimum absolute atomic E-state index is 0.214. The maximum absolute atomic E-state index is 10.0. The summed E-state index contributed by atoms with van der Waals surface area (Å²) in [5.74, 6) is 1.06. The van der Waals surface area contributed by atoms with Crippen LogP contribution in [0.2, 0.25) is 5.02 Å². The molecule has 0 aliphatic carbocycles. The molecule has 1 heterocycles. The Bertz CT molecular complexity index is 453. The van der Waals surface area contributed by atoms with E-state index in [4.69, 9.17) is 11.6 Å². The minimum atomic E-state index is 0.214. The number of phenols is 1. The van der Waals surface area contributed by atoms with Gasteiger partial charge in [0, 0.05) is 23.2 Å². The summed E-state index contributed by atoms with van der Waals surface area (Å²) < 4.78 is 0. The van der Waals surface area contributed by atoms with E-state index in [1.165, 1.54) is 6.42 Å². The fraction of sp³-hybridized carbons (Fsp3) is 0.625. The SMILES string of the molecule is CC(c1cc(Cl)ccc1O)N1CCC(C(C)(C)C)C1. The average Bonchev–Trinajstić information content (AvgIpc) is 2.80. The first-order chi connectivity index (χ1) is 8.79. The first kappa shape index (κ1) is 14.7. The molecule has 106 valence electrons. The molecule has 2 atom stereocenters. The number of hydrogen-bond acceptors (Lipinski definition) is 2. The molecule has 2 unspecified atom stereocenters. The topological polar surface area (TPSA) is 23.5 Å². The van der Waals surface area contributed by atoms with Gasteiger partial charge in [0.25, 0.3) is 0 Å². The molecule has 2 rings (SSSR count). The number of hydrogen-bond donors (Lipinski definition) is 1. The fourth-order valence-electron chi connectivity index (χ4n) is 2.90. The van der Waals surface area contributed by atoms with Gasteiger partial charge in [-0.05, 0) is 49.4 Å². The molecule has 0 spiro atoms. The number of rotatable bonds is 2.